The summed E-state index contributed by atoms with van der Waals surface area (Å²) in [5.74, 6) is 0.349. The van der Waals surface area contributed by atoms with Gasteiger partial charge in [-0.15, -0.1) is 0 Å². The summed E-state index contributed by atoms with van der Waals surface area (Å²) in [7, 11) is 0. The Kier molecular flexibility index (Phi) is 11.5. The van der Waals surface area contributed by atoms with Crippen LogP contribution in [0.25, 0.3) is 0 Å². The number of ether oxygens (including phenoxy) is 1. The van der Waals surface area contributed by atoms with Gasteiger partial charge in [-0.05, 0) is 49.1 Å². The fraction of sp³-hybridized carbons (Fsp3) is 0.423. The minimum Gasteiger partial charge on any atom is -0.484 e. The van der Waals surface area contributed by atoms with Gasteiger partial charge in [0.15, 0.2) is 12.4 Å². The highest BCUT2D eigenvalue weighted by Gasteiger charge is 2.27. The van der Waals surface area contributed by atoms with Crippen LogP contribution in [0.1, 0.15) is 32.3 Å². The summed E-state index contributed by atoms with van der Waals surface area (Å²) < 4.78 is 5.49. The second-order valence-corrected chi connectivity index (χ2v) is 9.20. The third-order valence-corrected chi connectivity index (χ3v) is 5.60. The van der Waals surface area contributed by atoms with E-state index in [0.29, 0.717) is 30.8 Å². The lowest BCUT2D eigenvalue weighted by Gasteiger charge is -2.24. The lowest BCUT2D eigenvalue weighted by Crippen LogP contribution is -2.53. The molecule has 33 heavy (non-hydrogen) atoms. The molecule has 6 nitrogen and oxygen atoms in total. The van der Waals surface area contributed by atoms with Crippen molar-refractivity contribution in [1.82, 2.24) is 10.6 Å². The molecule has 2 aromatic carbocycles. The molecule has 2 N–H and O–H groups in total. The van der Waals surface area contributed by atoms with E-state index in [1.807, 2.05) is 68.6 Å². The molecular formula is C26H34N2O4S. The number of aryl methyl sites for hydroxylation is 1. The van der Waals surface area contributed by atoms with E-state index in [4.69, 9.17) is 4.74 Å². The minimum atomic E-state index is -0.738. The molecule has 0 aliphatic carbocycles. The highest BCUT2D eigenvalue weighted by atomic mass is 32.2. The van der Waals surface area contributed by atoms with Crippen LogP contribution in [0.2, 0.25) is 0 Å². The summed E-state index contributed by atoms with van der Waals surface area (Å²) in [5.41, 5.74) is 1.11. The van der Waals surface area contributed by atoms with Crippen LogP contribution in [-0.4, -0.2) is 48.3 Å². The van der Waals surface area contributed by atoms with E-state index in [1.54, 1.807) is 12.1 Å². The Bertz CT molecular complexity index is 874. The smallest absolute Gasteiger partial charge is 0.258 e. The highest BCUT2D eigenvalue weighted by molar-refractivity contribution is 7.99. The quantitative estimate of drug-likeness (QED) is 0.440. The lowest BCUT2D eigenvalue weighted by atomic mass is 10.00. The van der Waals surface area contributed by atoms with Crippen molar-refractivity contribution in [2.75, 3.05) is 18.6 Å². The number of rotatable bonds is 14. The number of amides is 2. The van der Waals surface area contributed by atoms with Gasteiger partial charge in [0, 0.05) is 0 Å². The Morgan fingerprint density at radius 3 is 2.15 bits per heavy atom. The first-order chi connectivity index (χ1) is 15.9. The Morgan fingerprint density at radius 2 is 1.55 bits per heavy atom. The zero-order valence-corrected chi connectivity index (χ0v) is 20.4. The van der Waals surface area contributed by atoms with Crippen LogP contribution in [0, 0.1) is 5.92 Å². The van der Waals surface area contributed by atoms with Crippen molar-refractivity contribution in [2.45, 2.75) is 45.2 Å². The summed E-state index contributed by atoms with van der Waals surface area (Å²) in [6.45, 7) is 3.78. The third-order valence-electron chi connectivity index (χ3n) is 5.03. The lowest BCUT2D eigenvalue weighted by molar-refractivity contribution is -0.132. The molecule has 2 atom stereocenters. The molecule has 0 fully saturated rings. The average Bonchev–Trinajstić information content (AvgIpc) is 2.81. The summed E-state index contributed by atoms with van der Waals surface area (Å²) in [4.78, 5) is 38.2. The van der Waals surface area contributed by atoms with E-state index in [0.717, 1.165) is 5.56 Å². The van der Waals surface area contributed by atoms with E-state index >= 15 is 0 Å². The molecule has 2 amide bonds. The summed E-state index contributed by atoms with van der Waals surface area (Å²) >= 11 is 1.43. The maximum absolute atomic E-state index is 13.1. The van der Waals surface area contributed by atoms with Crippen molar-refractivity contribution < 1.29 is 19.1 Å². The Labute approximate surface area is 200 Å². The number of para-hydroxylation sites is 1. The average molecular weight is 471 g/mol. The number of benzene rings is 2. The molecule has 0 aliphatic rings. The fourth-order valence-corrected chi connectivity index (χ4v) is 3.87. The van der Waals surface area contributed by atoms with Crippen LogP contribution in [0.5, 0.6) is 5.75 Å². The van der Waals surface area contributed by atoms with E-state index in [1.165, 1.54) is 11.8 Å². The van der Waals surface area contributed by atoms with Gasteiger partial charge in [0.2, 0.25) is 5.91 Å². The molecule has 0 heterocycles. The van der Waals surface area contributed by atoms with Crippen LogP contribution in [0.4, 0.5) is 0 Å². The van der Waals surface area contributed by atoms with Gasteiger partial charge >= 0.3 is 0 Å². The van der Waals surface area contributed by atoms with Crippen LogP contribution in [0.3, 0.4) is 0 Å². The molecule has 0 bridgehead atoms. The monoisotopic (exact) mass is 470 g/mol. The standard InChI is InChI=1S/C26H34N2O4S/c1-19(2)16-23(27-25(30)17-32-21-12-8-5-9-13-21)26(31)28-22(24(29)18-33-3)15-14-20-10-6-4-7-11-20/h4-13,19,22-23H,14-18H2,1-3H3,(H,27,30)(H,28,31)/t22-,23-/m0/s1. The normalized spacial score (nSPS) is 12.6. The number of ketones is 1. The summed E-state index contributed by atoms with van der Waals surface area (Å²) in [6, 6.07) is 17.6. The van der Waals surface area contributed by atoms with E-state index in [9.17, 15) is 14.4 Å². The molecule has 178 valence electrons. The fourth-order valence-electron chi connectivity index (χ4n) is 3.39. The number of hydrogen-bond acceptors (Lipinski definition) is 5. The van der Waals surface area contributed by atoms with Gasteiger partial charge in [0.05, 0.1) is 11.8 Å². The molecule has 0 saturated heterocycles. The first-order valence-electron chi connectivity index (χ1n) is 11.2. The predicted octanol–water partition coefficient (Wildman–Crippen LogP) is 3.65. The van der Waals surface area contributed by atoms with Crippen molar-refractivity contribution in [2.24, 2.45) is 5.92 Å². The SMILES string of the molecule is CSCC(=O)[C@H](CCc1ccccc1)NC(=O)[C@H](CC(C)C)NC(=O)COc1ccccc1. The molecule has 0 saturated carbocycles. The van der Waals surface area contributed by atoms with Gasteiger partial charge in [-0.2, -0.15) is 11.8 Å². The van der Waals surface area contributed by atoms with Gasteiger partial charge in [-0.3, -0.25) is 14.4 Å². The maximum Gasteiger partial charge on any atom is 0.258 e. The Balaban J connectivity index is 2.00. The van der Waals surface area contributed by atoms with Crippen molar-refractivity contribution >= 4 is 29.4 Å². The van der Waals surface area contributed by atoms with Crippen molar-refractivity contribution in [1.29, 1.82) is 0 Å². The molecule has 2 rings (SSSR count). The Morgan fingerprint density at radius 1 is 0.909 bits per heavy atom. The minimum absolute atomic E-state index is 0.0196. The van der Waals surface area contributed by atoms with E-state index < -0.39 is 12.1 Å². The van der Waals surface area contributed by atoms with Crippen LogP contribution in [0.15, 0.2) is 60.7 Å². The second kappa shape index (κ2) is 14.4. The van der Waals surface area contributed by atoms with Gasteiger partial charge in [-0.1, -0.05) is 62.4 Å². The topological polar surface area (TPSA) is 84.5 Å². The zero-order chi connectivity index (χ0) is 24.1. The number of nitrogens with one attached hydrogen (secondary N) is 2. The maximum atomic E-state index is 13.1. The largest absolute Gasteiger partial charge is 0.484 e. The molecule has 0 unspecified atom stereocenters. The number of carbonyl (C=O) groups excluding carboxylic acids is 3. The van der Waals surface area contributed by atoms with Crippen LogP contribution < -0.4 is 15.4 Å². The van der Waals surface area contributed by atoms with Crippen molar-refractivity contribution in [3.8, 4) is 5.75 Å². The summed E-state index contributed by atoms with van der Waals surface area (Å²) in [5, 5.41) is 5.68. The molecule has 2 aromatic rings. The predicted molar refractivity (Wildman–Crippen MR) is 133 cm³/mol. The molecular weight excluding hydrogens is 436 g/mol. The molecule has 0 aromatic heterocycles. The van der Waals surface area contributed by atoms with E-state index in [-0.39, 0.29) is 30.1 Å². The highest BCUT2D eigenvalue weighted by Crippen LogP contribution is 2.11. The second-order valence-electron chi connectivity index (χ2n) is 8.34. The summed E-state index contributed by atoms with van der Waals surface area (Å²) in [6.07, 6.45) is 3.51. The first kappa shape index (κ1) is 26.5. The molecule has 0 radical (unpaired) electrons. The van der Waals surface area contributed by atoms with Crippen molar-refractivity contribution in [3.05, 3.63) is 66.2 Å². The molecule has 0 aliphatic heterocycles. The third kappa shape index (κ3) is 10.1. The number of carbonyl (C=O) groups is 3. The van der Waals surface area contributed by atoms with Crippen LogP contribution in [-0.2, 0) is 20.8 Å². The van der Waals surface area contributed by atoms with Gasteiger partial charge in [0.1, 0.15) is 11.8 Å². The zero-order valence-electron chi connectivity index (χ0n) is 19.6. The van der Waals surface area contributed by atoms with Gasteiger partial charge < -0.3 is 15.4 Å². The van der Waals surface area contributed by atoms with Crippen molar-refractivity contribution in [3.63, 3.8) is 0 Å². The van der Waals surface area contributed by atoms with Gasteiger partial charge in [0.25, 0.3) is 5.91 Å². The first-order valence-corrected chi connectivity index (χ1v) is 12.6. The Hall–Kier alpha value is -2.80. The molecule has 7 heteroatoms. The van der Waals surface area contributed by atoms with Gasteiger partial charge in [-0.25, -0.2) is 0 Å². The van der Waals surface area contributed by atoms with Crippen LogP contribution >= 0.6 is 11.8 Å². The number of Topliss-reactive ketones (excluding diaryl/α,β-unsaturated/α-hetero) is 1. The molecule has 0 spiro atoms. The number of hydrogen-bond donors (Lipinski definition) is 2. The van der Waals surface area contributed by atoms with E-state index in [2.05, 4.69) is 10.6 Å². The number of thioether (sulfide) groups is 1.